The van der Waals surface area contributed by atoms with Gasteiger partial charge in [-0.15, -0.1) is 0 Å². The molecule has 2 rings (SSSR count). The van der Waals surface area contributed by atoms with Crippen molar-refractivity contribution >= 4 is 11.8 Å². The number of furan rings is 1. The van der Waals surface area contributed by atoms with Gasteiger partial charge in [0.05, 0.1) is 12.3 Å². The molecule has 17 heavy (non-hydrogen) atoms. The molecule has 90 valence electrons. The normalized spacial score (nSPS) is 10.6. The highest BCUT2D eigenvalue weighted by atomic mass is 32.2. The Balaban J connectivity index is 1.78. The van der Waals surface area contributed by atoms with Gasteiger partial charge in [-0.1, -0.05) is 30.3 Å². The molecule has 0 fully saturated rings. The Labute approximate surface area is 106 Å². The zero-order chi connectivity index (χ0) is 11.9. The van der Waals surface area contributed by atoms with E-state index >= 15 is 0 Å². The summed E-state index contributed by atoms with van der Waals surface area (Å²) in [6.45, 7) is 1.66. The molecular formula is C14H17NOS. The van der Waals surface area contributed by atoms with Crippen LogP contribution in [0.1, 0.15) is 17.1 Å². The molecule has 3 heteroatoms. The third-order valence-electron chi connectivity index (χ3n) is 2.48. The molecule has 0 saturated carbocycles. The Kier molecular flexibility index (Phi) is 4.71. The Morgan fingerprint density at radius 1 is 1.00 bits per heavy atom. The summed E-state index contributed by atoms with van der Waals surface area (Å²) in [7, 11) is 0. The van der Waals surface area contributed by atoms with Gasteiger partial charge >= 0.3 is 0 Å². The molecule has 0 saturated heterocycles. The van der Waals surface area contributed by atoms with E-state index in [0.29, 0.717) is 0 Å². The van der Waals surface area contributed by atoms with Crippen LogP contribution < -0.4 is 5.32 Å². The van der Waals surface area contributed by atoms with E-state index in [9.17, 15) is 0 Å². The van der Waals surface area contributed by atoms with E-state index in [0.717, 1.165) is 30.4 Å². The van der Waals surface area contributed by atoms with Crippen LogP contribution in [0, 0.1) is 0 Å². The fourth-order valence-electron chi connectivity index (χ4n) is 1.66. The summed E-state index contributed by atoms with van der Waals surface area (Å²) in [5.41, 5.74) is 1.29. The van der Waals surface area contributed by atoms with Gasteiger partial charge < -0.3 is 9.73 Å². The number of thioether (sulfide) groups is 1. The van der Waals surface area contributed by atoms with Crippen LogP contribution in [0.25, 0.3) is 0 Å². The van der Waals surface area contributed by atoms with E-state index < -0.39 is 0 Å². The Hall–Kier alpha value is -1.19. The van der Waals surface area contributed by atoms with Crippen LogP contribution >= 0.6 is 11.8 Å². The van der Waals surface area contributed by atoms with Crippen LogP contribution in [-0.2, 0) is 18.8 Å². The van der Waals surface area contributed by atoms with Crippen LogP contribution in [-0.4, -0.2) is 6.26 Å². The highest BCUT2D eigenvalue weighted by Crippen LogP contribution is 2.13. The molecule has 1 aromatic carbocycles. The average molecular weight is 247 g/mol. The van der Waals surface area contributed by atoms with Crippen molar-refractivity contribution in [3.63, 3.8) is 0 Å². The average Bonchev–Trinajstić information content (AvgIpc) is 2.79. The minimum absolute atomic E-state index is 0.781. The summed E-state index contributed by atoms with van der Waals surface area (Å²) < 4.78 is 5.68. The van der Waals surface area contributed by atoms with Gasteiger partial charge in [-0.3, -0.25) is 0 Å². The molecule has 0 aliphatic rings. The van der Waals surface area contributed by atoms with Crippen molar-refractivity contribution in [2.45, 2.75) is 18.8 Å². The Morgan fingerprint density at radius 2 is 1.76 bits per heavy atom. The molecule has 2 aromatic rings. The lowest BCUT2D eigenvalue weighted by atomic mass is 10.2. The van der Waals surface area contributed by atoms with Gasteiger partial charge in [0.25, 0.3) is 0 Å². The van der Waals surface area contributed by atoms with Crippen molar-refractivity contribution in [3.05, 3.63) is 59.5 Å². The maximum Gasteiger partial charge on any atom is 0.118 e. The molecule has 0 aliphatic carbocycles. The first-order valence-corrected chi connectivity index (χ1v) is 7.09. The first-order chi connectivity index (χ1) is 8.38. The van der Waals surface area contributed by atoms with Gasteiger partial charge in [-0.25, -0.2) is 0 Å². The van der Waals surface area contributed by atoms with E-state index in [1.54, 1.807) is 11.8 Å². The summed E-state index contributed by atoms with van der Waals surface area (Å²) in [5, 5.41) is 3.37. The van der Waals surface area contributed by atoms with E-state index in [2.05, 4.69) is 41.9 Å². The third-order valence-corrected chi connectivity index (χ3v) is 3.05. The van der Waals surface area contributed by atoms with Crippen LogP contribution in [0.3, 0.4) is 0 Å². The quantitative estimate of drug-likeness (QED) is 0.846. The molecule has 1 N–H and O–H groups in total. The second kappa shape index (κ2) is 6.52. The van der Waals surface area contributed by atoms with Crippen molar-refractivity contribution < 1.29 is 4.42 Å². The zero-order valence-corrected chi connectivity index (χ0v) is 10.8. The largest absolute Gasteiger partial charge is 0.464 e. The van der Waals surface area contributed by atoms with E-state index in [-0.39, 0.29) is 0 Å². The standard InChI is InChI=1S/C14H17NOS/c1-17-11-14-8-7-13(16-14)10-15-9-12-5-3-2-4-6-12/h2-8,15H,9-11H2,1H3. The highest BCUT2D eigenvalue weighted by molar-refractivity contribution is 7.97. The van der Waals surface area contributed by atoms with Crippen LogP contribution in [0.15, 0.2) is 46.9 Å². The van der Waals surface area contributed by atoms with Gasteiger partial charge in [0, 0.05) is 6.54 Å². The van der Waals surface area contributed by atoms with E-state index in [1.165, 1.54) is 5.56 Å². The molecule has 1 heterocycles. The van der Waals surface area contributed by atoms with Crippen LogP contribution in [0.5, 0.6) is 0 Å². The predicted octanol–water partition coefficient (Wildman–Crippen LogP) is 3.43. The maximum absolute atomic E-state index is 5.68. The molecule has 2 nitrogen and oxygen atoms in total. The van der Waals surface area contributed by atoms with Gasteiger partial charge in [-0.2, -0.15) is 11.8 Å². The summed E-state index contributed by atoms with van der Waals surface area (Å²) in [6.07, 6.45) is 2.08. The first-order valence-electron chi connectivity index (χ1n) is 5.69. The fourth-order valence-corrected chi connectivity index (χ4v) is 2.10. The van der Waals surface area contributed by atoms with Gasteiger partial charge in [0.15, 0.2) is 0 Å². The molecular weight excluding hydrogens is 230 g/mol. The van der Waals surface area contributed by atoms with Gasteiger partial charge in [0.1, 0.15) is 11.5 Å². The summed E-state index contributed by atoms with van der Waals surface area (Å²) in [4.78, 5) is 0. The lowest BCUT2D eigenvalue weighted by molar-refractivity contribution is 0.459. The molecule has 1 aromatic heterocycles. The van der Waals surface area contributed by atoms with Crippen molar-refractivity contribution in [1.29, 1.82) is 0 Å². The molecule has 0 spiro atoms. The smallest absolute Gasteiger partial charge is 0.118 e. The molecule has 0 unspecified atom stereocenters. The number of rotatable bonds is 6. The second-order valence-electron chi connectivity index (χ2n) is 3.89. The summed E-state index contributed by atoms with van der Waals surface area (Å²) >= 11 is 1.77. The van der Waals surface area contributed by atoms with Crippen molar-refractivity contribution in [2.75, 3.05) is 6.26 Å². The maximum atomic E-state index is 5.68. The lowest BCUT2D eigenvalue weighted by Crippen LogP contribution is -2.11. The van der Waals surface area contributed by atoms with Crippen molar-refractivity contribution in [2.24, 2.45) is 0 Å². The third kappa shape index (κ3) is 3.95. The topological polar surface area (TPSA) is 25.2 Å². The zero-order valence-electron chi connectivity index (χ0n) is 9.98. The minimum atomic E-state index is 0.781. The van der Waals surface area contributed by atoms with Crippen LogP contribution in [0.2, 0.25) is 0 Å². The van der Waals surface area contributed by atoms with Crippen molar-refractivity contribution in [1.82, 2.24) is 5.32 Å². The summed E-state index contributed by atoms with van der Waals surface area (Å²) in [5.74, 6) is 3.00. The lowest BCUT2D eigenvalue weighted by Gasteiger charge is -2.02. The number of hydrogen-bond donors (Lipinski definition) is 1. The monoisotopic (exact) mass is 247 g/mol. The fraction of sp³-hybridized carbons (Fsp3) is 0.286. The van der Waals surface area contributed by atoms with Crippen molar-refractivity contribution in [3.8, 4) is 0 Å². The Morgan fingerprint density at radius 3 is 2.53 bits per heavy atom. The molecule has 0 amide bonds. The molecule has 0 bridgehead atoms. The molecule has 0 radical (unpaired) electrons. The Bertz CT molecular complexity index is 438. The summed E-state index contributed by atoms with van der Waals surface area (Å²) in [6, 6.07) is 14.5. The van der Waals surface area contributed by atoms with Crippen LogP contribution in [0.4, 0.5) is 0 Å². The number of nitrogens with one attached hydrogen (secondary N) is 1. The van der Waals surface area contributed by atoms with E-state index in [1.807, 2.05) is 12.1 Å². The first kappa shape index (κ1) is 12.3. The van der Waals surface area contributed by atoms with Gasteiger partial charge in [-0.05, 0) is 24.0 Å². The second-order valence-corrected chi connectivity index (χ2v) is 4.76. The number of benzene rings is 1. The van der Waals surface area contributed by atoms with E-state index in [4.69, 9.17) is 4.42 Å². The molecule has 0 atom stereocenters. The SMILES string of the molecule is CSCc1ccc(CNCc2ccccc2)o1. The minimum Gasteiger partial charge on any atom is -0.464 e. The highest BCUT2D eigenvalue weighted by Gasteiger charge is 2.00. The predicted molar refractivity (Wildman–Crippen MR) is 72.9 cm³/mol. The van der Waals surface area contributed by atoms with Gasteiger partial charge in [0.2, 0.25) is 0 Å². The molecule has 0 aliphatic heterocycles. The number of hydrogen-bond acceptors (Lipinski definition) is 3.